The highest BCUT2D eigenvalue weighted by atomic mass is 35.5. The van der Waals surface area contributed by atoms with Gasteiger partial charge < -0.3 is 4.74 Å². The number of hydrogen-bond donors (Lipinski definition) is 1. The fourth-order valence-electron chi connectivity index (χ4n) is 1.33. The fourth-order valence-corrected chi connectivity index (χ4v) is 1.50. The van der Waals surface area contributed by atoms with Crippen molar-refractivity contribution in [1.82, 2.24) is 0 Å². The summed E-state index contributed by atoms with van der Waals surface area (Å²) >= 11 is 5.92. The zero-order chi connectivity index (χ0) is 15.3. The molecule has 0 aliphatic heterocycles. The van der Waals surface area contributed by atoms with Crippen LogP contribution in [0, 0.1) is 17.0 Å². The molecule has 0 radical (unpaired) electrons. The van der Waals surface area contributed by atoms with E-state index in [1.807, 2.05) is 0 Å². The molecule has 1 rings (SSSR count). The summed E-state index contributed by atoms with van der Waals surface area (Å²) < 4.78 is 4.74. The summed E-state index contributed by atoms with van der Waals surface area (Å²) in [6.07, 6.45) is 0. The van der Waals surface area contributed by atoms with Crippen LogP contribution in [0.5, 0.6) is 0 Å². The first kappa shape index (κ1) is 15.9. The molecule has 0 aromatic heterocycles. The number of hydrogen-bond acceptors (Lipinski definition) is 6. The molecular formula is C12H14ClN3O4. The lowest BCUT2D eigenvalue weighted by molar-refractivity contribution is -0.384. The first-order chi connectivity index (χ1) is 9.36. The van der Waals surface area contributed by atoms with Gasteiger partial charge in [0.15, 0.2) is 0 Å². The van der Waals surface area contributed by atoms with Crippen LogP contribution in [0.15, 0.2) is 17.2 Å². The van der Waals surface area contributed by atoms with E-state index in [-0.39, 0.29) is 23.7 Å². The van der Waals surface area contributed by atoms with Crippen molar-refractivity contribution in [2.45, 2.75) is 20.8 Å². The Kier molecular flexibility index (Phi) is 5.45. The average Bonchev–Trinajstić information content (AvgIpc) is 2.39. The molecule has 0 saturated heterocycles. The van der Waals surface area contributed by atoms with Gasteiger partial charge in [0, 0.05) is 11.1 Å². The number of nitrogens with zero attached hydrogens (tertiary/aromatic N) is 2. The van der Waals surface area contributed by atoms with E-state index >= 15 is 0 Å². The van der Waals surface area contributed by atoms with E-state index in [9.17, 15) is 14.9 Å². The molecule has 1 aromatic rings. The maximum atomic E-state index is 11.4. The minimum absolute atomic E-state index is 0.0536. The van der Waals surface area contributed by atoms with E-state index in [1.165, 1.54) is 19.1 Å². The third-order valence-electron chi connectivity index (χ3n) is 2.39. The number of carbonyl (C=O) groups excluding carboxylic acids is 1. The third-order valence-corrected chi connectivity index (χ3v) is 2.80. The molecule has 0 aliphatic rings. The van der Waals surface area contributed by atoms with Crippen molar-refractivity contribution in [2.75, 3.05) is 12.0 Å². The molecule has 0 amide bonds. The summed E-state index contributed by atoms with van der Waals surface area (Å²) in [5, 5.41) is 15.1. The predicted molar refractivity (Wildman–Crippen MR) is 76.2 cm³/mol. The summed E-state index contributed by atoms with van der Waals surface area (Å²) in [5.74, 6) is -0.596. The molecule has 0 bridgehead atoms. The maximum absolute atomic E-state index is 11.4. The third kappa shape index (κ3) is 3.92. The van der Waals surface area contributed by atoms with Crippen molar-refractivity contribution in [3.63, 3.8) is 0 Å². The number of rotatable bonds is 5. The Morgan fingerprint density at radius 1 is 1.55 bits per heavy atom. The van der Waals surface area contributed by atoms with E-state index in [0.29, 0.717) is 10.6 Å². The van der Waals surface area contributed by atoms with E-state index in [4.69, 9.17) is 16.3 Å². The number of benzene rings is 1. The van der Waals surface area contributed by atoms with E-state index in [2.05, 4.69) is 10.5 Å². The van der Waals surface area contributed by atoms with Gasteiger partial charge in [0.1, 0.15) is 11.4 Å². The van der Waals surface area contributed by atoms with Crippen LogP contribution in [-0.2, 0) is 9.53 Å². The van der Waals surface area contributed by atoms with Gasteiger partial charge in [-0.1, -0.05) is 11.6 Å². The summed E-state index contributed by atoms with van der Waals surface area (Å²) in [4.78, 5) is 21.7. The van der Waals surface area contributed by atoms with E-state index in [0.717, 1.165) is 0 Å². The van der Waals surface area contributed by atoms with Crippen molar-refractivity contribution in [2.24, 2.45) is 5.10 Å². The van der Waals surface area contributed by atoms with Gasteiger partial charge in [0.2, 0.25) is 0 Å². The number of hydrazone groups is 1. The van der Waals surface area contributed by atoms with Crippen LogP contribution in [0.1, 0.15) is 19.4 Å². The molecule has 1 aromatic carbocycles. The van der Waals surface area contributed by atoms with Crippen molar-refractivity contribution in [3.8, 4) is 0 Å². The number of anilines is 1. The topological polar surface area (TPSA) is 93.8 Å². The van der Waals surface area contributed by atoms with Crippen LogP contribution >= 0.6 is 11.6 Å². The average molecular weight is 300 g/mol. The van der Waals surface area contributed by atoms with Gasteiger partial charge in [0.05, 0.1) is 11.5 Å². The van der Waals surface area contributed by atoms with E-state index in [1.54, 1.807) is 13.8 Å². The highest BCUT2D eigenvalue weighted by Crippen LogP contribution is 2.30. The molecule has 0 saturated carbocycles. The smallest absolute Gasteiger partial charge is 0.354 e. The van der Waals surface area contributed by atoms with Crippen LogP contribution in [0.3, 0.4) is 0 Å². The van der Waals surface area contributed by atoms with Gasteiger partial charge in [0.25, 0.3) is 5.69 Å². The number of carbonyl (C=O) groups is 1. The summed E-state index contributed by atoms with van der Waals surface area (Å²) in [5.41, 5.74) is 3.03. The fraction of sp³-hybridized carbons (Fsp3) is 0.333. The van der Waals surface area contributed by atoms with Crippen LogP contribution < -0.4 is 5.43 Å². The Bertz CT molecular complexity index is 572. The molecule has 20 heavy (non-hydrogen) atoms. The maximum Gasteiger partial charge on any atom is 0.354 e. The zero-order valence-corrected chi connectivity index (χ0v) is 12.0. The monoisotopic (exact) mass is 299 g/mol. The van der Waals surface area contributed by atoms with Gasteiger partial charge in [-0.25, -0.2) is 4.79 Å². The normalized spacial score (nSPS) is 11.1. The number of aryl methyl sites for hydroxylation is 1. The molecule has 1 N–H and O–H groups in total. The van der Waals surface area contributed by atoms with E-state index < -0.39 is 10.9 Å². The van der Waals surface area contributed by atoms with Crippen LogP contribution in [0.2, 0.25) is 5.02 Å². The lowest BCUT2D eigenvalue weighted by Crippen LogP contribution is -2.15. The molecule has 0 aliphatic carbocycles. The van der Waals surface area contributed by atoms with Gasteiger partial charge in [-0.3, -0.25) is 15.5 Å². The Hall–Kier alpha value is -2.15. The highest BCUT2D eigenvalue weighted by Gasteiger charge is 2.16. The lowest BCUT2D eigenvalue weighted by Gasteiger charge is -2.06. The summed E-state index contributed by atoms with van der Waals surface area (Å²) in [6, 6.07) is 2.72. The Morgan fingerprint density at radius 3 is 2.75 bits per heavy atom. The first-order valence-corrected chi connectivity index (χ1v) is 6.16. The van der Waals surface area contributed by atoms with Crippen LogP contribution in [0.4, 0.5) is 11.4 Å². The summed E-state index contributed by atoms with van der Waals surface area (Å²) in [7, 11) is 0. The molecule has 0 unspecified atom stereocenters. The Morgan fingerprint density at radius 2 is 2.20 bits per heavy atom. The second-order valence-electron chi connectivity index (χ2n) is 3.91. The molecule has 7 nitrogen and oxygen atoms in total. The number of nitro benzene ring substituents is 1. The highest BCUT2D eigenvalue weighted by molar-refractivity contribution is 6.35. The molecule has 8 heteroatoms. The zero-order valence-electron chi connectivity index (χ0n) is 11.3. The number of esters is 1. The number of nitrogens with one attached hydrogen (secondary N) is 1. The molecule has 0 atom stereocenters. The predicted octanol–water partition coefficient (Wildman–Crippen LogP) is 2.91. The molecule has 108 valence electrons. The molecular weight excluding hydrogens is 286 g/mol. The minimum Gasteiger partial charge on any atom is -0.461 e. The number of halogens is 1. The van der Waals surface area contributed by atoms with Gasteiger partial charge in [-0.15, -0.1) is 0 Å². The second-order valence-corrected chi connectivity index (χ2v) is 4.31. The standard InChI is InChI=1S/C12H14ClN3O4/c1-4-20-12(17)8(3)14-15-10-6-9(13)7(2)5-11(10)16(18)19/h5-6,15H,4H2,1-3H3. The molecule has 0 fully saturated rings. The molecule has 0 heterocycles. The number of ether oxygens (including phenoxy) is 1. The summed E-state index contributed by atoms with van der Waals surface area (Å²) in [6.45, 7) is 4.99. The van der Waals surface area contributed by atoms with Gasteiger partial charge >= 0.3 is 5.97 Å². The Balaban J connectivity index is 3.03. The SMILES string of the molecule is CCOC(=O)C(C)=NNc1cc(Cl)c(C)cc1[N+](=O)[O-]. The number of nitro groups is 1. The Labute approximate surface area is 120 Å². The minimum atomic E-state index is -0.596. The van der Waals surface area contributed by atoms with Crippen molar-refractivity contribution in [3.05, 3.63) is 32.8 Å². The second kappa shape index (κ2) is 6.85. The van der Waals surface area contributed by atoms with Crippen molar-refractivity contribution in [1.29, 1.82) is 0 Å². The van der Waals surface area contributed by atoms with Gasteiger partial charge in [-0.2, -0.15) is 5.10 Å². The van der Waals surface area contributed by atoms with Crippen molar-refractivity contribution < 1.29 is 14.5 Å². The van der Waals surface area contributed by atoms with Crippen molar-refractivity contribution >= 4 is 34.7 Å². The van der Waals surface area contributed by atoms with Gasteiger partial charge in [-0.05, 0) is 32.4 Å². The quantitative estimate of drug-likeness (QED) is 0.390. The largest absolute Gasteiger partial charge is 0.461 e. The van der Waals surface area contributed by atoms with Crippen LogP contribution in [0.25, 0.3) is 0 Å². The van der Waals surface area contributed by atoms with Crippen LogP contribution in [-0.4, -0.2) is 23.2 Å². The first-order valence-electron chi connectivity index (χ1n) is 5.78. The lowest BCUT2D eigenvalue weighted by atomic mass is 10.2. The molecule has 0 spiro atoms.